The molecule has 0 aliphatic carbocycles. The second kappa shape index (κ2) is 8.10. The van der Waals surface area contributed by atoms with Crippen LogP contribution in [0.15, 0.2) is 42.5 Å². The topological polar surface area (TPSA) is 76.7 Å². The van der Waals surface area contributed by atoms with Crippen molar-refractivity contribution in [3.63, 3.8) is 0 Å². The van der Waals surface area contributed by atoms with E-state index in [1.807, 2.05) is 6.07 Å². The number of nitrogens with one attached hydrogen (secondary N) is 2. The van der Waals surface area contributed by atoms with Gasteiger partial charge in [-0.2, -0.15) is 0 Å². The molecule has 0 fully saturated rings. The fourth-order valence-electron chi connectivity index (χ4n) is 2.03. The maximum absolute atomic E-state index is 12.1. The number of carbonyl (C=O) groups is 2. The summed E-state index contributed by atoms with van der Waals surface area (Å²) in [4.78, 5) is 24.0. The number of hydrogen-bond acceptors (Lipinski definition) is 4. The Balaban J connectivity index is 2.11. The highest BCUT2D eigenvalue weighted by atomic mass is 35.5. The summed E-state index contributed by atoms with van der Waals surface area (Å²) in [6.07, 6.45) is -1.28. The molecule has 2 amide bonds. The first-order chi connectivity index (χ1) is 12.1. The van der Waals surface area contributed by atoms with Gasteiger partial charge in [0.2, 0.25) is 0 Å². The molecule has 0 radical (unpaired) electrons. The standard InChI is InChI=1S/C19H21ClN2O4/c1-12-15(20)10-13(21-18(24)26-19(2,3)4)11-16(12)22-17(23)25-14-8-6-5-7-9-14/h5-11H,1-4H3,(H,21,24)(H,22,23). The van der Waals surface area contributed by atoms with Gasteiger partial charge in [0.25, 0.3) is 0 Å². The smallest absolute Gasteiger partial charge is 0.417 e. The fraction of sp³-hybridized carbons (Fsp3) is 0.263. The average molecular weight is 377 g/mol. The van der Waals surface area contributed by atoms with Gasteiger partial charge in [-0.3, -0.25) is 10.6 Å². The molecule has 0 bridgehead atoms. The molecule has 0 aliphatic rings. The van der Waals surface area contributed by atoms with Crippen LogP contribution < -0.4 is 15.4 Å². The summed E-state index contributed by atoms with van der Waals surface area (Å²) in [7, 11) is 0. The molecule has 138 valence electrons. The van der Waals surface area contributed by atoms with E-state index in [9.17, 15) is 9.59 Å². The lowest BCUT2D eigenvalue weighted by Gasteiger charge is -2.20. The maximum atomic E-state index is 12.1. The Labute approximate surface area is 157 Å². The molecule has 2 aromatic carbocycles. The third-order valence-corrected chi connectivity index (χ3v) is 3.57. The fourth-order valence-corrected chi connectivity index (χ4v) is 2.25. The molecule has 0 heterocycles. The lowest BCUT2D eigenvalue weighted by molar-refractivity contribution is 0.0636. The van der Waals surface area contributed by atoms with Crippen molar-refractivity contribution in [2.75, 3.05) is 10.6 Å². The Hall–Kier alpha value is -2.73. The van der Waals surface area contributed by atoms with Gasteiger partial charge in [0.1, 0.15) is 11.4 Å². The van der Waals surface area contributed by atoms with Crippen LogP contribution in [0.1, 0.15) is 26.3 Å². The molecule has 0 aliphatic heterocycles. The van der Waals surface area contributed by atoms with E-state index in [2.05, 4.69) is 10.6 Å². The van der Waals surface area contributed by atoms with Crippen molar-refractivity contribution >= 4 is 35.2 Å². The van der Waals surface area contributed by atoms with Crippen LogP contribution in [0.4, 0.5) is 21.0 Å². The highest BCUT2D eigenvalue weighted by molar-refractivity contribution is 6.32. The van der Waals surface area contributed by atoms with Crippen LogP contribution in [0.25, 0.3) is 0 Å². The minimum absolute atomic E-state index is 0.383. The van der Waals surface area contributed by atoms with Gasteiger partial charge in [0.05, 0.1) is 5.69 Å². The molecule has 0 spiro atoms. The second-order valence-corrected chi connectivity index (χ2v) is 6.99. The summed E-state index contributed by atoms with van der Waals surface area (Å²) < 4.78 is 10.4. The molecule has 26 heavy (non-hydrogen) atoms. The third kappa shape index (κ3) is 5.97. The van der Waals surface area contributed by atoms with Crippen LogP contribution >= 0.6 is 11.6 Å². The molecule has 0 aromatic heterocycles. The first kappa shape index (κ1) is 19.6. The van der Waals surface area contributed by atoms with Crippen LogP contribution in [-0.2, 0) is 4.74 Å². The average Bonchev–Trinajstić information content (AvgIpc) is 2.51. The largest absolute Gasteiger partial charge is 0.444 e. The Bertz CT molecular complexity index is 801. The maximum Gasteiger partial charge on any atom is 0.417 e. The van der Waals surface area contributed by atoms with Gasteiger partial charge < -0.3 is 9.47 Å². The van der Waals surface area contributed by atoms with E-state index in [0.717, 1.165) is 0 Å². The number of rotatable bonds is 3. The van der Waals surface area contributed by atoms with Crippen molar-refractivity contribution < 1.29 is 19.1 Å². The van der Waals surface area contributed by atoms with Crippen molar-refractivity contribution in [2.45, 2.75) is 33.3 Å². The van der Waals surface area contributed by atoms with Crippen LogP contribution in [0.5, 0.6) is 5.75 Å². The number of halogens is 1. The van der Waals surface area contributed by atoms with E-state index in [-0.39, 0.29) is 0 Å². The number of para-hydroxylation sites is 1. The number of anilines is 2. The predicted octanol–water partition coefficient (Wildman–Crippen LogP) is 5.61. The van der Waals surface area contributed by atoms with Gasteiger partial charge in [-0.05, 0) is 57.5 Å². The van der Waals surface area contributed by atoms with E-state index >= 15 is 0 Å². The van der Waals surface area contributed by atoms with Crippen LogP contribution in [-0.4, -0.2) is 17.8 Å². The minimum atomic E-state index is -0.662. The summed E-state index contributed by atoms with van der Waals surface area (Å²) in [6.45, 7) is 7.04. The van der Waals surface area contributed by atoms with Gasteiger partial charge in [-0.25, -0.2) is 9.59 Å². The summed E-state index contributed by atoms with van der Waals surface area (Å²) >= 11 is 6.19. The molecule has 7 heteroatoms. The Morgan fingerprint density at radius 1 is 1.00 bits per heavy atom. The molecule has 2 rings (SSSR count). The summed E-state index contributed by atoms with van der Waals surface area (Å²) in [5, 5.41) is 5.60. The summed E-state index contributed by atoms with van der Waals surface area (Å²) in [5.41, 5.74) is 0.833. The van der Waals surface area contributed by atoms with E-state index < -0.39 is 17.8 Å². The second-order valence-electron chi connectivity index (χ2n) is 6.59. The monoisotopic (exact) mass is 376 g/mol. The summed E-state index contributed by atoms with van der Waals surface area (Å²) in [5.74, 6) is 0.414. The molecule has 6 nitrogen and oxygen atoms in total. The zero-order chi connectivity index (χ0) is 19.3. The Morgan fingerprint density at radius 3 is 2.27 bits per heavy atom. The zero-order valence-electron chi connectivity index (χ0n) is 15.1. The van der Waals surface area contributed by atoms with Gasteiger partial charge in [-0.15, -0.1) is 0 Å². The first-order valence-corrected chi connectivity index (χ1v) is 8.36. The molecular formula is C19H21ClN2O4. The lowest BCUT2D eigenvalue weighted by atomic mass is 10.1. The molecule has 0 atom stereocenters. The number of benzene rings is 2. The van der Waals surface area contributed by atoms with Crippen molar-refractivity contribution in [1.82, 2.24) is 0 Å². The SMILES string of the molecule is Cc1c(Cl)cc(NC(=O)OC(C)(C)C)cc1NC(=O)Oc1ccccc1. The number of ether oxygens (including phenoxy) is 2. The van der Waals surface area contributed by atoms with E-state index in [4.69, 9.17) is 21.1 Å². The van der Waals surface area contributed by atoms with Crippen molar-refractivity contribution in [1.29, 1.82) is 0 Å². The van der Waals surface area contributed by atoms with Crippen LogP contribution in [0.2, 0.25) is 5.02 Å². The molecule has 2 N–H and O–H groups in total. The molecule has 0 unspecified atom stereocenters. The van der Waals surface area contributed by atoms with E-state index in [1.54, 1.807) is 64.1 Å². The van der Waals surface area contributed by atoms with Gasteiger partial charge in [0.15, 0.2) is 0 Å². The van der Waals surface area contributed by atoms with Crippen LogP contribution in [0, 0.1) is 6.92 Å². The van der Waals surface area contributed by atoms with E-state index in [0.29, 0.717) is 27.7 Å². The zero-order valence-corrected chi connectivity index (χ0v) is 15.8. The third-order valence-electron chi connectivity index (χ3n) is 3.18. The minimum Gasteiger partial charge on any atom is -0.444 e. The lowest BCUT2D eigenvalue weighted by Crippen LogP contribution is -2.27. The highest BCUT2D eigenvalue weighted by Gasteiger charge is 2.17. The Kier molecular flexibility index (Phi) is 6.10. The number of hydrogen-bond donors (Lipinski definition) is 2. The van der Waals surface area contributed by atoms with E-state index in [1.165, 1.54) is 0 Å². The van der Waals surface area contributed by atoms with Gasteiger partial charge in [-0.1, -0.05) is 29.8 Å². The molecule has 0 saturated carbocycles. The van der Waals surface area contributed by atoms with Crippen molar-refractivity contribution in [3.8, 4) is 5.75 Å². The summed E-state index contributed by atoms with van der Waals surface area (Å²) in [6, 6.07) is 11.8. The van der Waals surface area contributed by atoms with Crippen molar-refractivity contribution in [2.24, 2.45) is 0 Å². The Morgan fingerprint density at radius 2 is 1.65 bits per heavy atom. The van der Waals surface area contributed by atoms with Gasteiger partial charge in [0, 0.05) is 10.7 Å². The number of carbonyl (C=O) groups excluding carboxylic acids is 2. The van der Waals surface area contributed by atoms with Crippen molar-refractivity contribution in [3.05, 3.63) is 53.1 Å². The number of amides is 2. The van der Waals surface area contributed by atoms with Crippen LogP contribution in [0.3, 0.4) is 0 Å². The normalized spacial score (nSPS) is 10.8. The molecular weight excluding hydrogens is 356 g/mol. The molecule has 2 aromatic rings. The van der Waals surface area contributed by atoms with Gasteiger partial charge >= 0.3 is 12.2 Å². The predicted molar refractivity (Wildman–Crippen MR) is 102 cm³/mol. The highest BCUT2D eigenvalue weighted by Crippen LogP contribution is 2.29. The molecule has 0 saturated heterocycles. The first-order valence-electron chi connectivity index (χ1n) is 7.98. The quantitative estimate of drug-likeness (QED) is 0.730.